The molecule has 0 aliphatic rings. The Bertz CT molecular complexity index is 1150. The molecule has 2 aromatic carbocycles. The lowest BCUT2D eigenvalue weighted by Gasteiger charge is -2.06. The lowest BCUT2D eigenvalue weighted by atomic mass is 10.1. The number of hydrogen-bond acceptors (Lipinski definition) is 5. The Hall–Kier alpha value is -3.71. The number of nitrogens with zero attached hydrogens (tertiary/aromatic N) is 3. The number of para-hydroxylation sites is 1. The van der Waals surface area contributed by atoms with E-state index in [9.17, 15) is 4.79 Å². The number of benzene rings is 2. The van der Waals surface area contributed by atoms with Crippen LogP contribution in [-0.4, -0.2) is 29.0 Å². The molecule has 6 nitrogen and oxygen atoms in total. The van der Waals surface area contributed by atoms with E-state index in [4.69, 9.17) is 9.84 Å². The first kappa shape index (κ1) is 19.6. The number of methoxy groups -OCH3 is 1. The van der Waals surface area contributed by atoms with Crippen LogP contribution < -0.4 is 10.2 Å². The summed E-state index contributed by atoms with van der Waals surface area (Å²) in [6.07, 6.45) is 3.53. The smallest absolute Gasteiger partial charge is 0.281 e. The Kier molecular flexibility index (Phi) is 6.01. The van der Waals surface area contributed by atoms with E-state index in [1.54, 1.807) is 19.4 Å². The van der Waals surface area contributed by atoms with E-state index in [2.05, 4.69) is 22.7 Å². The van der Waals surface area contributed by atoms with E-state index >= 15 is 0 Å². The lowest BCUT2D eigenvalue weighted by Crippen LogP contribution is -2.16. The van der Waals surface area contributed by atoms with Crippen LogP contribution in [0.1, 0.15) is 20.8 Å². The highest BCUT2D eigenvalue weighted by molar-refractivity contribution is 7.12. The molecule has 2 aromatic heterocycles. The number of rotatable bonds is 7. The summed E-state index contributed by atoms with van der Waals surface area (Å²) in [6.45, 7) is 0.623. The van der Waals surface area contributed by atoms with E-state index in [0.29, 0.717) is 11.4 Å². The third-order valence-electron chi connectivity index (χ3n) is 4.45. The van der Waals surface area contributed by atoms with Gasteiger partial charge >= 0.3 is 0 Å². The molecule has 0 unspecified atom stereocenters. The summed E-state index contributed by atoms with van der Waals surface area (Å²) in [5.41, 5.74) is 6.08. The summed E-state index contributed by atoms with van der Waals surface area (Å²) in [7, 11) is 1.63. The minimum atomic E-state index is -0.239. The normalized spacial score (nSPS) is 11.0. The standard InChI is InChI=1S/C23H20N4O2S/c1-29-20-11-6-5-10-19(20)22-18(14-24-25-23(28)21-12-7-13-30-21)16-27(26-22)15-17-8-3-2-4-9-17/h2-14,16H,15H2,1H3,(H,25,28)/b24-14-. The van der Waals surface area contributed by atoms with Gasteiger partial charge in [0.05, 0.1) is 24.7 Å². The van der Waals surface area contributed by atoms with Crippen molar-refractivity contribution >= 4 is 23.5 Å². The van der Waals surface area contributed by atoms with Gasteiger partial charge in [-0.05, 0) is 29.1 Å². The van der Waals surface area contributed by atoms with Gasteiger partial charge in [-0.1, -0.05) is 48.5 Å². The van der Waals surface area contributed by atoms with Gasteiger partial charge in [0.1, 0.15) is 11.4 Å². The zero-order valence-electron chi connectivity index (χ0n) is 16.4. The Labute approximate surface area is 178 Å². The fraction of sp³-hybridized carbons (Fsp3) is 0.0870. The van der Waals surface area contributed by atoms with Crippen LogP contribution >= 0.6 is 11.3 Å². The Morgan fingerprint density at radius 1 is 1.13 bits per heavy atom. The summed E-state index contributed by atoms with van der Waals surface area (Å²) < 4.78 is 7.37. The van der Waals surface area contributed by atoms with Crippen molar-refractivity contribution in [3.63, 3.8) is 0 Å². The highest BCUT2D eigenvalue weighted by Crippen LogP contribution is 2.30. The fourth-order valence-electron chi connectivity index (χ4n) is 3.06. The molecule has 150 valence electrons. The number of carbonyl (C=O) groups excluding carboxylic acids is 1. The van der Waals surface area contributed by atoms with Crippen LogP contribution in [0.4, 0.5) is 0 Å². The van der Waals surface area contributed by atoms with Crippen molar-refractivity contribution in [2.24, 2.45) is 5.10 Å². The van der Waals surface area contributed by atoms with E-state index in [1.807, 2.05) is 64.8 Å². The molecule has 0 fully saturated rings. The molecular formula is C23H20N4O2S. The average molecular weight is 417 g/mol. The number of amides is 1. The minimum Gasteiger partial charge on any atom is -0.496 e. The van der Waals surface area contributed by atoms with Crippen molar-refractivity contribution in [2.75, 3.05) is 7.11 Å². The molecule has 0 atom stereocenters. The highest BCUT2D eigenvalue weighted by atomic mass is 32.1. The summed E-state index contributed by atoms with van der Waals surface area (Å²) in [5.74, 6) is 0.483. The Morgan fingerprint density at radius 3 is 2.70 bits per heavy atom. The van der Waals surface area contributed by atoms with E-state index in [-0.39, 0.29) is 5.91 Å². The third-order valence-corrected chi connectivity index (χ3v) is 5.32. The van der Waals surface area contributed by atoms with Crippen molar-refractivity contribution in [1.29, 1.82) is 0 Å². The van der Waals surface area contributed by atoms with E-state index in [1.165, 1.54) is 11.3 Å². The molecule has 0 bridgehead atoms. The molecular weight excluding hydrogens is 396 g/mol. The van der Waals surface area contributed by atoms with Crippen molar-refractivity contribution in [3.05, 3.63) is 94.3 Å². The molecule has 0 radical (unpaired) electrons. The summed E-state index contributed by atoms with van der Waals surface area (Å²) in [5, 5.41) is 10.8. The second-order valence-electron chi connectivity index (χ2n) is 6.49. The molecule has 4 aromatic rings. The number of hydrogen-bond donors (Lipinski definition) is 1. The van der Waals surface area contributed by atoms with Crippen molar-refractivity contribution in [1.82, 2.24) is 15.2 Å². The van der Waals surface area contributed by atoms with Crippen LogP contribution in [0.2, 0.25) is 0 Å². The molecule has 0 aliphatic heterocycles. The van der Waals surface area contributed by atoms with Gasteiger partial charge in [-0.3, -0.25) is 9.48 Å². The first-order chi connectivity index (χ1) is 14.7. The number of thiophene rings is 1. The number of nitrogens with one attached hydrogen (secondary N) is 1. The van der Waals surface area contributed by atoms with Gasteiger partial charge in [-0.25, -0.2) is 5.43 Å². The van der Waals surface area contributed by atoms with Gasteiger partial charge < -0.3 is 4.74 Å². The number of ether oxygens (including phenoxy) is 1. The number of aromatic nitrogens is 2. The first-order valence-electron chi connectivity index (χ1n) is 9.36. The van der Waals surface area contributed by atoms with Gasteiger partial charge in [0.25, 0.3) is 5.91 Å². The van der Waals surface area contributed by atoms with Gasteiger partial charge in [0, 0.05) is 17.3 Å². The Balaban J connectivity index is 1.64. The second kappa shape index (κ2) is 9.19. The van der Waals surface area contributed by atoms with E-state index < -0.39 is 0 Å². The summed E-state index contributed by atoms with van der Waals surface area (Å²) in [6, 6.07) is 21.4. The molecule has 0 aliphatic carbocycles. The monoisotopic (exact) mass is 416 g/mol. The van der Waals surface area contributed by atoms with Gasteiger partial charge in [0.2, 0.25) is 0 Å². The number of hydrazone groups is 1. The molecule has 1 amide bonds. The lowest BCUT2D eigenvalue weighted by molar-refractivity contribution is 0.0959. The van der Waals surface area contributed by atoms with Crippen LogP contribution in [0.15, 0.2) is 83.4 Å². The first-order valence-corrected chi connectivity index (χ1v) is 10.2. The van der Waals surface area contributed by atoms with Crippen LogP contribution in [-0.2, 0) is 6.54 Å². The quantitative estimate of drug-likeness (QED) is 0.358. The van der Waals surface area contributed by atoms with Crippen LogP contribution in [0, 0.1) is 0 Å². The maximum Gasteiger partial charge on any atom is 0.281 e. The predicted molar refractivity (Wildman–Crippen MR) is 119 cm³/mol. The molecule has 4 rings (SSSR count). The van der Waals surface area contributed by atoms with Crippen molar-refractivity contribution in [3.8, 4) is 17.0 Å². The molecule has 1 N–H and O–H groups in total. The van der Waals surface area contributed by atoms with E-state index in [0.717, 1.165) is 28.1 Å². The third kappa shape index (κ3) is 4.47. The fourth-order valence-corrected chi connectivity index (χ4v) is 3.67. The highest BCUT2D eigenvalue weighted by Gasteiger charge is 2.14. The minimum absolute atomic E-state index is 0.239. The summed E-state index contributed by atoms with van der Waals surface area (Å²) in [4.78, 5) is 12.8. The van der Waals surface area contributed by atoms with Gasteiger partial charge in [-0.15, -0.1) is 11.3 Å². The van der Waals surface area contributed by atoms with Crippen LogP contribution in [0.3, 0.4) is 0 Å². The zero-order valence-corrected chi connectivity index (χ0v) is 17.2. The maximum absolute atomic E-state index is 12.1. The SMILES string of the molecule is COc1ccccc1-c1nn(Cc2ccccc2)cc1/C=N\NC(=O)c1cccs1. The second-order valence-corrected chi connectivity index (χ2v) is 7.44. The topological polar surface area (TPSA) is 68.5 Å². The maximum atomic E-state index is 12.1. The molecule has 0 spiro atoms. The molecule has 7 heteroatoms. The number of carbonyl (C=O) groups is 1. The molecule has 0 saturated heterocycles. The Morgan fingerprint density at radius 2 is 1.93 bits per heavy atom. The van der Waals surface area contributed by atoms with Gasteiger partial charge in [-0.2, -0.15) is 10.2 Å². The van der Waals surface area contributed by atoms with Crippen molar-refractivity contribution < 1.29 is 9.53 Å². The molecule has 0 saturated carbocycles. The van der Waals surface area contributed by atoms with Gasteiger partial charge in [0.15, 0.2) is 0 Å². The predicted octanol–water partition coefficient (Wildman–Crippen LogP) is 4.43. The summed E-state index contributed by atoms with van der Waals surface area (Å²) >= 11 is 1.37. The zero-order chi connectivity index (χ0) is 20.8. The van der Waals surface area contributed by atoms with Crippen molar-refractivity contribution in [2.45, 2.75) is 6.54 Å². The van der Waals surface area contributed by atoms with Crippen LogP contribution in [0.25, 0.3) is 11.3 Å². The van der Waals surface area contributed by atoms with Crippen LogP contribution in [0.5, 0.6) is 5.75 Å². The molecule has 30 heavy (non-hydrogen) atoms. The average Bonchev–Trinajstić information content (AvgIpc) is 3.45. The largest absolute Gasteiger partial charge is 0.496 e. The molecule has 2 heterocycles.